The number of carbonyl (C=O) groups excluding carboxylic acids is 1. The molecule has 1 aromatic heterocycles. The minimum atomic E-state index is -1.01. The summed E-state index contributed by atoms with van der Waals surface area (Å²) in [6.07, 6.45) is 0.149. The van der Waals surface area contributed by atoms with E-state index in [-0.39, 0.29) is 18.9 Å². The first kappa shape index (κ1) is 17.7. The number of aromatic nitrogens is 2. The zero-order valence-electron chi connectivity index (χ0n) is 14.5. The molecule has 6 nitrogen and oxygen atoms in total. The van der Waals surface area contributed by atoms with Crippen LogP contribution in [0.1, 0.15) is 29.4 Å². The highest BCUT2D eigenvalue weighted by Gasteiger charge is 2.27. The van der Waals surface area contributed by atoms with E-state index in [4.69, 9.17) is 0 Å². The van der Waals surface area contributed by atoms with Gasteiger partial charge < -0.3 is 10.0 Å². The van der Waals surface area contributed by atoms with Crippen molar-refractivity contribution in [2.75, 3.05) is 0 Å². The van der Waals surface area contributed by atoms with Gasteiger partial charge >= 0.3 is 5.97 Å². The molecule has 128 valence electrons. The van der Waals surface area contributed by atoms with Gasteiger partial charge in [-0.1, -0.05) is 30.3 Å². The van der Waals surface area contributed by atoms with Crippen LogP contribution in [0.25, 0.3) is 0 Å². The van der Waals surface area contributed by atoms with Crippen molar-refractivity contribution in [2.45, 2.75) is 39.8 Å². The number of rotatable bonds is 6. The van der Waals surface area contributed by atoms with Crippen LogP contribution in [0, 0.1) is 13.8 Å². The van der Waals surface area contributed by atoms with Crippen LogP contribution in [0.5, 0.6) is 0 Å². The smallest absolute Gasteiger partial charge is 0.326 e. The molecule has 0 spiro atoms. The topological polar surface area (TPSA) is 75.4 Å². The van der Waals surface area contributed by atoms with Crippen molar-refractivity contribution in [1.29, 1.82) is 0 Å². The van der Waals surface area contributed by atoms with Crippen molar-refractivity contribution in [3.05, 3.63) is 52.8 Å². The van der Waals surface area contributed by atoms with Gasteiger partial charge in [0.1, 0.15) is 6.04 Å². The number of nitrogens with zero attached hydrogens (tertiary/aromatic N) is 3. The lowest BCUT2D eigenvalue weighted by atomic mass is 10.1. The molecule has 2 aromatic rings. The van der Waals surface area contributed by atoms with Crippen LogP contribution < -0.4 is 0 Å². The Hall–Kier alpha value is -2.63. The third-order valence-corrected chi connectivity index (χ3v) is 4.33. The lowest BCUT2D eigenvalue weighted by Gasteiger charge is -2.27. The fourth-order valence-corrected chi connectivity index (χ4v) is 2.68. The Bertz CT molecular complexity index is 737. The summed E-state index contributed by atoms with van der Waals surface area (Å²) in [5.41, 5.74) is 3.48. The van der Waals surface area contributed by atoms with Crippen LogP contribution in [-0.2, 0) is 29.6 Å². The number of aryl methyl sites for hydroxylation is 2. The molecule has 0 aliphatic carbocycles. The van der Waals surface area contributed by atoms with Gasteiger partial charge in [0.05, 0.1) is 12.1 Å². The maximum Gasteiger partial charge on any atom is 0.326 e. The fraction of sp³-hybridized carbons (Fsp3) is 0.389. The van der Waals surface area contributed by atoms with E-state index in [9.17, 15) is 14.7 Å². The molecule has 0 saturated carbocycles. The highest BCUT2D eigenvalue weighted by atomic mass is 16.4. The van der Waals surface area contributed by atoms with Gasteiger partial charge in [0.15, 0.2) is 0 Å². The molecule has 0 fully saturated rings. The van der Waals surface area contributed by atoms with Crippen LogP contribution in [-0.4, -0.2) is 37.7 Å². The Morgan fingerprint density at radius 3 is 2.38 bits per heavy atom. The maximum absolute atomic E-state index is 12.8. The van der Waals surface area contributed by atoms with Gasteiger partial charge in [0.2, 0.25) is 5.91 Å². The Morgan fingerprint density at radius 1 is 1.25 bits per heavy atom. The van der Waals surface area contributed by atoms with E-state index in [0.717, 1.165) is 22.5 Å². The number of carbonyl (C=O) groups is 2. The van der Waals surface area contributed by atoms with Crippen LogP contribution in [0.15, 0.2) is 30.3 Å². The number of amides is 1. The predicted octanol–water partition coefficient (Wildman–Crippen LogP) is 2.08. The molecule has 0 radical (unpaired) electrons. The average Bonchev–Trinajstić information content (AvgIpc) is 2.79. The van der Waals surface area contributed by atoms with Crippen molar-refractivity contribution in [3.63, 3.8) is 0 Å². The number of hydrogen-bond acceptors (Lipinski definition) is 3. The third kappa shape index (κ3) is 3.82. The summed E-state index contributed by atoms with van der Waals surface area (Å²) in [7, 11) is 1.83. The summed E-state index contributed by atoms with van der Waals surface area (Å²) >= 11 is 0. The van der Waals surface area contributed by atoms with E-state index in [0.29, 0.717) is 0 Å². The monoisotopic (exact) mass is 329 g/mol. The Morgan fingerprint density at radius 2 is 1.88 bits per heavy atom. The molecule has 1 amide bonds. The summed E-state index contributed by atoms with van der Waals surface area (Å²) in [6, 6.07) is 8.51. The molecule has 1 atom stereocenters. The van der Waals surface area contributed by atoms with Crippen LogP contribution in [0.4, 0.5) is 0 Å². The third-order valence-electron chi connectivity index (χ3n) is 4.33. The molecule has 1 unspecified atom stereocenters. The minimum absolute atomic E-state index is 0.149. The molecule has 0 aliphatic rings. The van der Waals surface area contributed by atoms with E-state index in [1.807, 2.05) is 51.2 Å². The highest BCUT2D eigenvalue weighted by molar-refractivity contribution is 5.85. The SMILES string of the molecule is Cc1nn(C)c(C)c1CC(=O)N(Cc1ccccc1)C(C)C(=O)O. The van der Waals surface area contributed by atoms with Gasteiger partial charge in [-0.15, -0.1) is 0 Å². The highest BCUT2D eigenvalue weighted by Crippen LogP contribution is 2.16. The summed E-state index contributed by atoms with van der Waals surface area (Å²) in [6.45, 7) is 5.57. The number of carboxylic acids is 1. The van der Waals surface area contributed by atoms with E-state index in [2.05, 4.69) is 5.10 Å². The zero-order valence-corrected chi connectivity index (χ0v) is 14.5. The van der Waals surface area contributed by atoms with Crippen LogP contribution >= 0.6 is 0 Å². The van der Waals surface area contributed by atoms with Crippen LogP contribution in [0.3, 0.4) is 0 Å². The summed E-state index contributed by atoms with van der Waals surface area (Å²) in [5.74, 6) is -1.23. The number of hydrogen-bond donors (Lipinski definition) is 1. The second-order valence-electron chi connectivity index (χ2n) is 5.97. The maximum atomic E-state index is 12.8. The minimum Gasteiger partial charge on any atom is -0.480 e. The van der Waals surface area contributed by atoms with Gasteiger partial charge in [-0.05, 0) is 26.3 Å². The second kappa shape index (κ2) is 7.29. The molecule has 0 aliphatic heterocycles. The molecule has 1 N–H and O–H groups in total. The molecule has 1 aromatic carbocycles. The van der Waals surface area contributed by atoms with Crippen molar-refractivity contribution in [1.82, 2.24) is 14.7 Å². The number of carboxylic acid groups (broad SMARTS) is 1. The van der Waals surface area contributed by atoms with Crippen molar-refractivity contribution in [3.8, 4) is 0 Å². The first-order valence-electron chi connectivity index (χ1n) is 7.86. The zero-order chi connectivity index (χ0) is 17.9. The molecular formula is C18H23N3O3. The molecule has 24 heavy (non-hydrogen) atoms. The van der Waals surface area contributed by atoms with Gasteiger partial charge in [-0.3, -0.25) is 9.48 Å². The number of aliphatic carboxylic acids is 1. The van der Waals surface area contributed by atoms with Gasteiger partial charge in [0, 0.05) is 24.8 Å². The standard InChI is InChI=1S/C18H23N3O3/c1-12-16(13(2)20(4)19-12)10-17(22)21(14(3)18(23)24)11-15-8-6-5-7-9-15/h5-9,14H,10-11H2,1-4H3,(H,23,24). The average molecular weight is 329 g/mol. The molecular weight excluding hydrogens is 306 g/mol. The van der Waals surface area contributed by atoms with Crippen molar-refractivity contribution < 1.29 is 14.7 Å². The summed E-state index contributed by atoms with van der Waals surface area (Å²) in [5, 5.41) is 13.7. The fourth-order valence-electron chi connectivity index (χ4n) is 2.68. The van der Waals surface area contributed by atoms with Gasteiger partial charge in [-0.2, -0.15) is 5.10 Å². The normalized spacial score (nSPS) is 12.0. The van der Waals surface area contributed by atoms with E-state index in [1.54, 1.807) is 4.68 Å². The van der Waals surface area contributed by atoms with E-state index >= 15 is 0 Å². The molecule has 6 heteroatoms. The van der Waals surface area contributed by atoms with Crippen molar-refractivity contribution >= 4 is 11.9 Å². The first-order chi connectivity index (χ1) is 11.3. The van der Waals surface area contributed by atoms with E-state index < -0.39 is 12.0 Å². The molecule has 2 rings (SSSR count). The lowest BCUT2D eigenvalue weighted by molar-refractivity contribution is -0.149. The van der Waals surface area contributed by atoms with Crippen LogP contribution in [0.2, 0.25) is 0 Å². The predicted molar refractivity (Wildman–Crippen MR) is 90.5 cm³/mol. The summed E-state index contributed by atoms with van der Waals surface area (Å²) < 4.78 is 1.74. The van der Waals surface area contributed by atoms with Gasteiger partial charge in [-0.25, -0.2) is 4.79 Å². The molecule has 0 saturated heterocycles. The molecule has 0 bridgehead atoms. The quantitative estimate of drug-likeness (QED) is 0.880. The Kier molecular flexibility index (Phi) is 5.39. The lowest BCUT2D eigenvalue weighted by Crippen LogP contribution is -2.43. The largest absolute Gasteiger partial charge is 0.480 e. The Balaban J connectivity index is 2.25. The van der Waals surface area contributed by atoms with Gasteiger partial charge in [0.25, 0.3) is 0 Å². The Labute approximate surface area is 141 Å². The summed E-state index contributed by atoms with van der Waals surface area (Å²) in [4.78, 5) is 25.6. The second-order valence-corrected chi connectivity index (χ2v) is 5.97. The first-order valence-corrected chi connectivity index (χ1v) is 7.86. The van der Waals surface area contributed by atoms with Crippen molar-refractivity contribution in [2.24, 2.45) is 7.05 Å². The van der Waals surface area contributed by atoms with E-state index in [1.165, 1.54) is 11.8 Å². The molecule has 1 heterocycles. The number of benzene rings is 1.